The second-order valence-electron chi connectivity index (χ2n) is 7.10. The molecule has 6 nitrogen and oxygen atoms in total. The lowest BCUT2D eigenvalue weighted by atomic mass is 9.94. The fraction of sp³-hybridized carbons (Fsp3) is 0.611. The van der Waals surface area contributed by atoms with Gasteiger partial charge in [0.05, 0.1) is 5.39 Å². The van der Waals surface area contributed by atoms with E-state index in [4.69, 9.17) is 4.98 Å². The molecule has 0 spiro atoms. The molecule has 1 amide bonds. The average molecular weight is 360 g/mol. The van der Waals surface area contributed by atoms with Crippen LogP contribution in [0.1, 0.15) is 68.4 Å². The molecule has 134 valence electrons. The number of fused-ring (bicyclic) bond motifs is 3. The molecule has 2 N–H and O–H groups in total. The first kappa shape index (κ1) is 16.6. The number of nitrogens with zero attached hydrogens (tertiary/aromatic N) is 2. The minimum atomic E-state index is -0.199. The van der Waals surface area contributed by atoms with Crippen LogP contribution in [0.15, 0.2) is 4.79 Å². The van der Waals surface area contributed by atoms with Gasteiger partial charge in [-0.3, -0.25) is 25.0 Å². The third-order valence-electron chi connectivity index (χ3n) is 5.31. The number of nitrogens with one attached hydrogen (secondary N) is 2. The first-order valence-corrected chi connectivity index (χ1v) is 10.1. The van der Waals surface area contributed by atoms with Crippen molar-refractivity contribution in [3.8, 4) is 0 Å². The summed E-state index contributed by atoms with van der Waals surface area (Å²) in [6.45, 7) is 1.44. The van der Waals surface area contributed by atoms with Gasteiger partial charge in [0.1, 0.15) is 4.83 Å². The molecule has 1 saturated carbocycles. The van der Waals surface area contributed by atoms with Crippen LogP contribution in [0.3, 0.4) is 0 Å². The molecule has 2 heterocycles. The molecule has 0 saturated heterocycles. The molecule has 4 rings (SSSR count). The molecule has 7 heteroatoms. The number of anilines is 1. The lowest BCUT2D eigenvalue weighted by molar-refractivity contribution is -0.118. The van der Waals surface area contributed by atoms with Crippen molar-refractivity contribution in [2.24, 2.45) is 0 Å². The minimum Gasteiger partial charge on any atom is -0.274 e. The largest absolute Gasteiger partial charge is 0.274 e. The van der Waals surface area contributed by atoms with Crippen LogP contribution in [0.25, 0.3) is 10.2 Å². The van der Waals surface area contributed by atoms with Gasteiger partial charge in [0.2, 0.25) is 11.9 Å². The van der Waals surface area contributed by atoms with Gasteiger partial charge in [-0.15, -0.1) is 11.3 Å². The maximum Gasteiger partial charge on any atom is 0.264 e. The van der Waals surface area contributed by atoms with Crippen LogP contribution in [-0.2, 0) is 17.6 Å². The van der Waals surface area contributed by atoms with E-state index < -0.39 is 0 Å². The van der Waals surface area contributed by atoms with Crippen molar-refractivity contribution in [2.75, 3.05) is 5.43 Å². The Morgan fingerprint density at radius 2 is 1.92 bits per heavy atom. The van der Waals surface area contributed by atoms with Crippen molar-refractivity contribution in [2.45, 2.75) is 70.8 Å². The van der Waals surface area contributed by atoms with Gasteiger partial charge >= 0.3 is 0 Å². The fourth-order valence-corrected chi connectivity index (χ4v) is 5.38. The fourth-order valence-electron chi connectivity index (χ4n) is 4.13. The highest BCUT2D eigenvalue weighted by atomic mass is 32.1. The molecule has 0 aromatic carbocycles. The first-order valence-electron chi connectivity index (χ1n) is 9.24. The quantitative estimate of drug-likeness (QED) is 0.824. The van der Waals surface area contributed by atoms with Crippen molar-refractivity contribution in [1.82, 2.24) is 15.0 Å². The summed E-state index contributed by atoms with van der Waals surface area (Å²) in [5.41, 5.74) is 6.75. The molecule has 0 unspecified atom stereocenters. The van der Waals surface area contributed by atoms with E-state index in [0.29, 0.717) is 5.95 Å². The highest BCUT2D eigenvalue weighted by Gasteiger charge is 2.26. The Kier molecular flexibility index (Phi) is 4.50. The van der Waals surface area contributed by atoms with E-state index in [1.165, 1.54) is 30.2 Å². The van der Waals surface area contributed by atoms with Gasteiger partial charge < -0.3 is 0 Å². The Hall–Kier alpha value is -1.89. The number of hydrogen-bond acceptors (Lipinski definition) is 5. The van der Waals surface area contributed by atoms with E-state index in [2.05, 4.69) is 10.9 Å². The standard InChI is InChI=1S/C18H24N4O2S/c1-11(23)20-21-18-19-16-15(13-9-5-6-10-14(13)25-16)17(24)22(18)12-7-3-2-4-8-12/h12H,2-10H2,1H3,(H,19,21)(H,20,23). The molecule has 2 aliphatic carbocycles. The molecular weight excluding hydrogens is 336 g/mol. The number of hydrazine groups is 1. The molecule has 25 heavy (non-hydrogen) atoms. The first-order chi connectivity index (χ1) is 12.1. The van der Waals surface area contributed by atoms with Crippen LogP contribution in [-0.4, -0.2) is 15.5 Å². The van der Waals surface area contributed by atoms with Crippen LogP contribution < -0.4 is 16.4 Å². The lowest BCUT2D eigenvalue weighted by Crippen LogP contribution is -2.35. The zero-order valence-corrected chi connectivity index (χ0v) is 15.4. The number of carbonyl (C=O) groups excluding carboxylic acids is 1. The zero-order valence-electron chi connectivity index (χ0n) is 14.6. The van der Waals surface area contributed by atoms with Gasteiger partial charge in [-0.2, -0.15) is 0 Å². The van der Waals surface area contributed by atoms with E-state index in [1.807, 2.05) is 0 Å². The molecule has 0 radical (unpaired) electrons. The molecule has 2 aromatic rings. The van der Waals surface area contributed by atoms with Crippen molar-refractivity contribution in [1.29, 1.82) is 0 Å². The van der Waals surface area contributed by atoms with Crippen LogP contribution in [0, 0.1) is 0 Å². The predicted molar refractivity (Wildman–Crippen MR) is 100 cm³/mol. The molecule has 1 fully saturated rings. The van der Waals surface area contributed by atoms with E-state index >= 15 is 0 Å². The van der Waals surface area contributed by atoms with E-state index in [9.17, 15) is 9.59 Å². The molecule has 2 aliphatic rings. The van der Waals surface area contributed by atoms with Gasteiger partial charge in [0, 0.05) is 17.8 Å². The summed E-state index contributed by atoms with van der Waals surface area (Å²) in [6.07, 6.45) is 9.85. The average Bonchev–Trinajstić information content (AvgIpc) is 2.99. The van der Waals surface area contributed by atoms with Gasteiger partial charge in [-0.05, 0) is 44.1 Å². The molecule has 0 atom stereocenters. The Balaban J connectivity index is 1.88. The summed E-state index contributed by atoms with van der Waals surface area (Å²) in [6, 6.07) is 0.161. The molecular formula is C18H24N4O2S. The maximum atomic E-state index is 13.4. The Morgan fingerprint density at radius 1 is 1.16 bits per heavy atom. The molecule has 0 bridgehead atoms. The summed E-state index contributed by atoms with van der Waals surface area (Å²) in [5, 5.41) is 0.818. The van der Waals surface area contributed by atoms with Gasteiger partial charge in [0.25, 0.3) is 5.56 Å². The van der Waals surface area contributed by atoms with Crippen molar-refractivity contribution >= 4 is 33.4 Å². The van der Waals surface area contributed by atoms with Crippen LogP contribution >= 0.6 is 11.3 Å². The number of hydrogen-bond donors (Lipinski definition) is 2. The summed E-state index contributed by atoms with van der Waals surface area (Å²) in [7, 11) is 0. The molecule has 2 aromatic heterocycles. The monoisotopic (exact) mass is 360 g/mol. The topological polar surface area (TPSA) is 76.0 Å². The Labute approximate surface area is 150 Å². The number of carbonyl (C=O) groups is 1. The SMILES string of the molecule is CC(=O)NNc1nc2sc3c(c2c(=O)n1C1CCCCC1)CCCC3. The van der Waals surface area contributed by atoms with Crippen molar-refractivity contribution < 1.29 is 4.79 Å². The van der Waals surface area contributed by atoms with Crippen LogP contribution in [0.4, 0.5) is 5.95 Å². The second-order valence-corrected chi connectivity index (χ2v) is 8.18. The van der Waals surface area contributed by atoms with E-state index in [-0.39, 0.29) is 17.5 Å². The third kappa shape index (κ3) is 3.05. The number of amides is 1. The summed E-state index contributed by atoms with van der Waals surface area (Å²) in [4.78, 5) is 31.6. The second kappa shape index (κ2) is 6.78. The number of thiophene rings is 1. The summed E-state index contributed by atoms with van der Waals surface area (Å²) < 4.78 is 1.80. The lowest BCUT2D eigenvalue weighted by Gasteiger charge is -2.26. The third-order valence-corrected chi connectivity index (χ3v) is 6.50. The van der Waals surface area contributed by atoms with Gasteiger partial charge in [0.15, 0.2) is 0 Å². The minimum absolute atomic E-state index is 0.0594. The highest BCUT2D eigenvalue weighted by Crippen LogP contribution is 2.36. The Morgan fingerprint density at radius 3 is 2.68 bits per heavy atom. The predicted octanol–water partition coefficient (Wildman–Crippen LogP) is 3.31. The summed E-state index contributed by atoms with van der Waals surface area (Å²) >= 11 is 1.64. The highest BCUT2D eigenvalue weighted by molar-refractivity contribution is 7.18. The van der Waals surface area contributed by atoms with Gasteiger partial charge in [-0.1, -0.05) is 19.3 Å². The van der Waals surface area contributed by atoms with Crippen LogP contribution in [0.2, 0.25) is 0 Å². The number of rotatable bonds is 3. The zero-order chi connectivity index (χ0) is 17.4. The van der Waals surface area contributed by atoms with E-state index in [1.54, 1.807) is 15.9 Å². The molecule has 0 aliphatic heterocycles. The van der Waals surface area contributed by atoms with Crippen molar-refractivity contribution in [3.05, 3.63) is 20.8 Å². The smallest absolute Gasteiger partial charge is 0.264 e. The van der Waals surface area contributed by atoms with Gasteiger partial charge in [-0.25, -0.2) is 4.98 Å². The van der Waals surface area contributed by atoms with E-state index in [0.717, 1.165) is 55.2 Å². The number of aryl methyl sites for hydroxylation is 2. The summed E-state index contributed by atoms with van der Waals surface area (Å²) in [5.74, 6) is 0.271. The van der Waals surface area contributed by atoms with Crippen molar-refractivity contribution in [3.63, 3.8) is 0 Å². The normalized spacial score (nSPS) is 18.1. The Bertz CT molecular complexity index is 864. The maximum absolute atomic E-state index is 13.4. The van der Waals surface area contributed by atoms with Crippen LogP contribution in [0.5, 0.6) is 0 Å². The number of aromatic nitrogens is 2.